The third kappa shape index (κ3) is 5.91. The molecule has 0 aliphatic carbocycles. The van der Waals surface area contributed by atoms with E-state index in [1.54, 1.807) is 6.07 Å². The van der Waals surface area contributed by atoms with Crippen molar-refractivity contribution in [1.29, 1.82) is 0 Å². The number of carbonyl (C=O) groups excluding carboxylic acids is 1. The number of nitrogens with one attached hydrogen (secondary N) is 1. The minimum absolute atomic E-state index is 0.121. The summed E-state index contributed by atoms with van der Waals surface area (Å²) in [6.07, 6.45) is -1.10. The Balaban J connectivity index is 2.10. The van der Waals surface area contributed by atoms with Gasteiger partial charge in [0.2, 0.25) is 15.9 Å². The Morgan fingerprint density at radius 1 is 1.08 bits per heavy atom. The van der Waals surface area contributed by atoms with Crippen molar-refractivity contribution in [3.05, 3.63) is 64.1 Å². The minimum atomic E-state index is -1.89. The van der Waals surface area contributed by atoms with Gasteiger partial charge >= 0.3 is 0 Å². The zero-order valence-corrected chi connectivity index (χ0v) is 15.9. The van der Waals surface area contributed by atoms with Crippen LogP contribution in [0.2, 0.25) is 10.0 Å². The third-order valence-corrected chi connectivity index (χ3v) is 4.06. The summed E-state index contributed by atoms with van der Waals surface area (Å²) in [5, 5.41) is 3.22. The second-order valence-electron chi connectivity index (χ2n) is 4.84. The fraction of sp³-hybridized carbons (Fsp3) is 0.188. The lowest BCUT2D eigenvalue weighted by atomic mass is 10.1. The molecule has 0 heterocycles. The van der Waals surface area contributed by atoms with Crippen molar-refractivity contribution < 1.29 is 9.53 Å². The molecule has 0 aromatic heterocycles. The van der Waals surface area contributed by atoms with Crippen LogP contribution in [0.3, 0.4) is 0 Å². The summed E-state index contributed by atoms with van der Waals surface area (Å²) in [6.45, 7) is 0. The summed E-state index contributed by atoms with van der Waals surface area (Å²) >= 11 is 29.6. The van der Waals surface area contributed by atoms with E-state index < -0.39 is 10.0 Å². The van der Waals surface area contributed by atoms with Crippen molar-refractivity contribution in [2.24, 2.45) is 0 Å². The Bertz CT molecular complexity index is 703. The maximum absolute atomic E-state index is 12.2. The molecule has 128 valence electrons. The number of benzene rings is 2. The highest BCUT2D eigenvalue weighted by molar-refractivity contribution is 6.68. The van der Waals surface area contributed by atoms with E-state index in [0.717, 1.165) is 5.56 Å². The Morgan fingerprint density at radius 3 is 2.33 bits per heavy atom. The van der Waals surface area contributed by atoms with E-state index in [2.05, 4.69) is 5.32 Å². The van der Waals surface area contributed by atoms with Crippen LogP contribution in [0.15, 0.2) is 48.5 Å². The normalized spacial score (nSPS) is 12.5. The average molecular weight is 428 g/mol. The molecule has 1 atom stereocenters. The summed E-state index contributed by atoms with van der Waals surface area (Å²) in [4.78, 5) is 12.2. The minimum Gasteiger partial charge on any atom is -0.464 e. The van der Waals surface area contributed by atoms with Crippen LogP contribution in [0.1, 0.15) is 5.56 Å². The maximum atomic E-state index is 12.2. The molecule has 2 aromatic carbocycles. The van der Waals surface area contributed by atoms with E-state index >= 15 is 0 Å². The number of carbonyl (C=O) groups is 1. The van der Waals surface area contributed by atoms with Crippen LogP contribution in [-0.2, 0) is 11.2 Å². The fourth-order valence-corrected chi connectivity index (χ4v) is 2.60. The molecule has 0 saturated heterocycles. The van der Waals surface area contributed by atoms with Crippen LogP contribution < -0.4 is 10.1 Å². The number of ether oxygens (including phenoxy) is 1. The van der Waals surface area contributed by atoms with Gasteiger partial charge in [0.25, 0.3) is 0 Å². The third-order valence-electron chi connectivity index (χ3n) is 2.94. The van der Waals surface area contributed by atoms with Gasteiger partial charge in [0, 0.05) is 5.02 Å². The molecular formula is C16H12Cl5NO2. The largest absolute Gasteiger partial charge is 0.464 e. The van der Waals surface area contributed by atoms with Crippen molar-refractivity contribution in [3.8, 4) is 5.75 Å². The van der Waals surface area contributed by atoms with Crippen molar-refractivity contribution in [3.63, 3.8) is 0 Å². The van der Waals surface area contributed by atoms with Crippen LogP contribution in [0, 0.1) is 0 Å². The Morgan fingerprint density at radius 2 is 1.75 bits per heavy atom. The molecular weight excluding hydrogens is 415 g/mol. The van der Waals surface area contributed by atoms with Crippen molar-refractivity contribution in [1.82, 2.24) is 5.32 Å². The van der Waals surface area contributed by atoms with Gasteiger partial charge in [-0.1, -0.05) is 88.3 Å². The topological polar surface area (TPSA) is 38.3 Å². The highest BCUT2D eigenvalue weighted by atomic mass is 35.6. The van der Waals surface area contributed by atoms with Gasteiger partial charge in [-0.15, -0.1) is 0 Å². The number of rotatable bonds is 5. The molecule has 24 heavy (non-hydrogen) atoms. The van der Waals surface area contributed by atoms with Crippen LogP contribution in [-0.4, -0.2) is 15.9 Å². The average Bonchev–Trinajstić information content (AvgIpc) is 2.49. The molecule has 0 aliphatic heterocycles. The second kappa shape index (κ2) is 8.50. The lowest BCUT2D eigenvalue weighted by Crippen LogP contribution is -2.48. The summed E-state index contributed by atoms with van der Waals surface area (Å²) in [5.41, 5.74) is 0.822. The SMILES string of the molecule is O=C(Cc1ccccc1)NC(Oc1ccc(Cl)cc1Cl)C(Cl)(Cl)Cl. The van der Waals surface area contributed by atoms with E-state index in [9.17, 15) is 4.79 Å². The van der Waals surface area contributed by atoms with Crippen LogP contribution >= 0.6 is 58.0 Å². The molecule has 0 aliphatic rings. The monoisotopic (exact) mass is 425 g/mol. The first-order valence-electron chi connectivity index (χ1n) is 6.77. The lowest BCUT2D eigenvalue weighted by Gasteiger charge is -2.26. The molecule has 2 rings (SSSR count). The first kappa shape index (κ1) is 19.5. The van der Waals surface area contributed by atoms with Gasteiger partial charge in [-0.25, -0.2) is 0 Å². The van der Waals surface area contributed by atoms with Gasteiger partial charge in [0.15, 0.2) is 0 Å². The van der Waals surface area contributed by atoms with E-state index in [-0.39, 0.29) is 23.1 Å². The summed E-state index contributed by atoms with van der Waals surface area (Å²) in [5.74, 6) is -0.125. The Kier molecular flexibility index (Phi) is 6.90. The molecule has 8 heteroatoms. The molecule has 0 radical (unpaired) electrons. The van der Waals surface area contributed by atoms with Crippen molar-refractivity contribution in [2.75, 3.05) is 0 Å². The van der Waals surface area contributed by atoms with Crippen LogP contribution in [0.4, 0.5) is 0 Å². The first-order chi connectivity index (χ1) is 11.3. The van der Waals surface area contributed by atoms with Gasteiger partial charge in [0.1, 0.15) is 5.75 Å². The van der Waals surface area contributed by atoms with Gasteiger partial charge < -0.3 is 10.1 Å². The summed E-state index contributed by atoms with van der Waals surface area (Å²) in [7, 11) is 0. The molecule has 0 spiro atoms. The first-order valence-corrected chi connectivity index (χ1v) is 8.66. The van der Waals surface area contributed by atoms with Gasteiger partial charge in [-0.2, -0.15) is 0 Å². The number of hydrogen-bond acceptors (Lipinski definition) is 2. The Labute approximate surface area is 164 Å². The highest BCUT2D eigenvalue weighted by Gasteiger charge is 2.36. The van der Waals surface area contributed by atoms with Gasteiger partial charge in [-0.05, 0) is 23.8 Å². The van der Waals surface area contributed by atoms with E-state index in [4.69, 9.17) is 62.7 Å². The predicted octanol–water partition coefficient (Wildman–Crippen LogP) is 5.43. The van der Waals surface area contributed by atoms with E-state index in [0.29, 0.717) is 5.02 Å². The Hall–Kier alpha value is -0.840. The number of hydrogen-bond donors (Lipinski definition) is 1. The molecule has 1 N–H and O–H groups in total. The quantitative estimate of drug-likeness (QED) is 0.511. The molecule has 1 amide bonds. The highest BCUT2D eigenvalue weighted by Crippen LogP contribution is 2.35. The fourth-order valence-electron chi connectivity index (χ4n) is 1.85. The second-order valence-corrected chi connectivity index (χ2v) is 8.06. The summed E-state index contributed by atoms with van der Waals surface area (Å²) in [6, 6.07) is 13.7. The standard InChI is InChI=1S/C16H12Cl5NO2/c17-11-6-7-13(12(18)9-11)24-15(16(19,20)21)22-14(23)8-10-4-2-1-3-5-10/h1-7,9,15H,8H2,(H,22,23). The smallest absolute Gasteiger partial charge is 0.246 e. The predicted molar refractivity (Wildman–Crippen MR) is 99.5 cm³/mol. The molecule has 2 aromatic rings. The zero-order valence-electron chi connectivity index (χ0n) is 12.1. The summed E-state index contributed by atoms with van der Waals surface area (Å²) < 4.78 is 3.66. The zero-order chi connectivity index (χ0) is 17.7. The number of amides is 1. The number of halogens is 5. The lowest BCUT2D eigenvalue weighted by molar-refractivity contribution is -0.122. The molecule has 3 nitrogen and oxygen atoms in total. The van der Waals surface area contributed by atoms with E-state index in [1.165, 1.54) is 12.1 Å². The molecule has 1 unspecified atom stereocenters. The van der Waals surface area contributed by atoms with Crippen LogP contribution in [0.5, 0.6) is 5.75 Å². The number of alkyl halides is 3. The molecule has 0 saturated carbocycles. The maximum Gasteiger partial charge on any atom is 0.246 e. The molecule has 0 fully saturated rings. The van der Waals surface area contributed by atoms with Crippen molar-refractivity contribution >= 4 is 63.9 Å². The van der Waals surface area contributed by atoms with E-state index in [1.807, 2.05) is 30.3 Å². The van der Waals surface area contributed by atoms with Gasteiger partial charge in [0.05, 0.1) is 11.4 Å². The van der Waals surface area contributed by atoms with Gasteiger partial charge in [-0.3, -0.25) is 4.79 Å². The van der Waals surface area contributed by atoms with Crippen LogP contribution in [0.25, 0.3) is 0 Å². The molecule has 0 bridgehead atoms. The van der Waals surface area contributed by atoms with Crippen molar-refractivity contribution in [2.45, 2.75) is 16.4 Å².